The number of allylic oxidation sites excluding steroid dienone is 1. The first kappa shape index (κ1) is 8.47. The van der Waals surface area contributed by atoms with Crippen molar-refractivity contribution in [2.75, 3.05) is 0 Å². The summed E-state index contributed by atoms with van der Waals surface area (Å²) in [6.07, 6.45) is 6.17. The summed E-state index contributed by atoms with van der Waals surface area (Å²) in [4.78, 5) is 0. The molecule has 0 amide bonds. The molecule has 2 nitrogen and oxygen atoms in total. The predicted octanol–water partition coefficient (Wildman–Crippen LogP) is 2.15. The monoisotopic (exact) mass is 153 g/mol. The average molecular weight is 153 g/mol. The van der Waals surface area contributed by atoms with Crippen LogP contribution in [-0.4, -0.2) is 17.9 Å². The number of hydrogen-bond donors (Lipinski definition) is 1. The minimum atomic E-state index is 0.240. The Hall–Kier alpha value is -0.630. The molecule has 1 aliphatic carbocycles. The molecule has 11 heavy (non-hydrogen) atoms. The van der Waals surface area contributed by atoms with E-state index in [0.717, 1.165) is 12.8 Å². The van der Waals surface area contributed by atoms with E-state index in [9.17, 15) is 0 Å². The van der Waals surface area contributed by atoms with Gasteiger partial charge in [0, 0.05) is 5.71 Å². The van der Waals surface area contributed by atoms with E-state index in [4.69, 9.17) is 10.1 Å². The molecule has 0 radical (unpaired) electrons. The molecule has 0 aromatic heterocycles. The van der Waals surface area contributed by atoms with Crippen molar-refractivity contribution in [2.24, 2.45) is 0 Å². The maximum Gasteiger partial charge on any atom is 0.0766 e. The van der Waals surface area contributed by atoms with Gasteiger partial charge in [0.05, 0.1) is 12.2 Å². The Morgan fingerprint density at radius 1 is 1.64 bits per heavy atom. The van der Waals surface area contributed by atoms with E-state index in [1.54, 1.807) is 0 Å². The molecule has 0 heterocycles. The van der Waals surface area contributed by atoms with E-state index < -0.39 is 0 Å². The van der Waals surface area contributed by atoms with E-state index in [-0.39, 0.29) is 12.2 Å². The van der Waals surface area contributed by atoms with Crippen LogP contribution in [0, 0.1) is 5.41 Å². The lowest BCUT2D eigenvalue weighted by Gasteiger charge is -2.19. The van der Waals surface area contributed by atoms with Crippen molar-refractivity contribution in [3.8, 4) is 0 Å². The van der Waals surface area contributed by atoms with Gasteiger partial charge < -0.3 is 10.1 Å². The van der Waals surface area contributed by atoms with Gasteiger partial charge in [-0.3, -0.25) is 0 Å². The fraction of sp³-hybridized carbons (Fsp3) is 0.667. The van der Waals surface area contributed by atoms with E-state index >= 15 is 0 Å². The number of rotatable bonds is 2. The number of nitrogens with one attached hydrogen (secondary N) is 1. The zero-order valence-corrected chi connectivity index (χ0v) is 7.13. The molecule has 0 saturated heterocycles. The Bertz CT molecular complexity index is 172. The van der Waals surface area contributed by atoms with Crippen LogP contribution in [0.1, 0.15) is 26.7 Å². The molecule has 0 aromatic rings. The van der Waals surface area contributed by atoms with Crippen LogP contribution < -0.4 is 0 Å². The second kappa shape index (κ2) is 3.67. The van der Waals surface area contributed by atoms with E-state index in [1.807, 2.05) is 26.0 Å². The quantitative estimate of drug-likeness (QED) is 0.647. The Kier molecular flexibility index (Phi) is 2.83. The van der Waals surface area contributed by atoms with Gasteiger partial charge in [-0.15, -0.1) is 0 Å². The van der Waals surface area contributed by atoms with Crippen LogP contribution >= 0.6 is 0 Å². The van der Waals surface area contributed by atoms with Crippen molar-refractivity contribution in [1.29, 1.82) is 5.41 Å². The third kappa shape index (κ3) is 2.85. The van der Waals surface area contributed by atoms with Gasteiger partial charge in [0.25, 0.3) is 0 Å². The van der Waals surface area contributed by atoms with Gasteiger partial charge in [-0.05, 0) is 32.8 Å². The Morgan fingerprint density at radius 2 is 2.36 bits per heavy atom. The van der Waals surface area contributed by atoms with Gasteiger partial charge in [-0.1, -0.05) is 6.08 Å². The first-order valence-electron chi connectivity index (χ1n) is 4.09. The lowest BCUT2D eigenvalue weighted by Crippen LogP contribution is -2.19. The molecule has 0 spiro atoms. The van der Waals surface area contributed by atoms with Gasteiger partial charge in [-0.25, -0.2) is 0 Å². The van der Waals surface area contributed by atoms with Gasteiger partial charge in [0.2, 0.25) is 0 Å². The molecular formula is C9H15NO. The number of hydrogen-bond acceptors (Lipinski definition) is 2. The second-order valence-corrected chi connectivity index (χ2v) is 3.15. The summed E-state index contributed by atoms with van der Waals surface area (Å²) in [5.74, 6) is 0. The van der Waals surface area contributed by atoms with E-state index in [0.29, 0.717) is 5.71 Å². The molecule has 1 atom stereocenters. The molecule has 1 N–H and O–H groups in total. The second-order valence-electron chi connectivity index (χ2n) is 3.15. The van der Waals surface area contributed by atoms with Crippen LogP contribution in [0.4, 0.5) is 0 Å². The van der Waals surface area contributed by atoms with Crippen molar-refractivity contribution >= 4 is 5.71 Å². The van der Waals surface area contributed by atoms with E-state index in [1.165, 1.54) is 0 Å². The van der Waals surface area contributed by atoms with Gasteiger partial charge >= 0.3 is 0 Å². The largest absolute Gasteiger partial charge is 0.371 e. The van der Waals surface area contributed by atoms with Crippen molar-refractivity contribution < 1.29 is 4.74 Å². The normalized spacial score (nSPS) is 24.6. The first-order valence-corrected chi connectivity index (χ1v) is 4.09. The maximum absolute atomic E-state index is 7.32. The summed E-state index contributed by atoms with van der Waals surface area (Å²) >= 11 is 0. The van der Waals surface area contributed by atoms with Crippen LogP contribution in [0.15, 0.2) is 12.2 Å². The average Bonchev–Trinajstić information content (AvgIpc) is 1.93. The van der Waals surface area contributed by atoms with Gasteiger partial charge in [0.15, 0.2) is 0 Å². The molecule has 0 fully saturated rings. The highest BCUT2D eigenvalue weighted by Gasteiger charge is 2.11. The Labute approximate surface area is 67.8 Å². The highest BCUT2D eigenvalue weighted by Crippen LogP contribution is 2.12. The molecule has 1 unspecified atom stereocenters. The Balaban J connectivity index is 2.38. The highest BCUT2D eigenvalue weighted by molar-refractivity contribution is 5.93. The summed E-state index contributed by atoms with van der Waals surface area (Å²) in [6.45, 7) is 4.07. The van der Waals surface area contributed by atoms with Crippen molar-refractivity contribution in [2.45, 2.75) is 38.9 Å². The van der Waals surface area contributed by atoms with Gasteiger partial charge in [0.1, 0.15) is 0 Å². The smallest absolute Gasteiger partial charge is 0.0766 e. The molecule has 2 heteroatoms. The Morgan fingerprint density at radius 3 is 2.82 bits per heavy atom. The third-order valence-corrected chi connectivity index (χ3v) is 1.66. The summed E-state index contributed by atoms with van der Waals surface area (Å²) in [5.41, 5.74) is 0.716. The third-order valence-electron chi connectivity index (χ3n) is 1.66. The van der Waals surface area contributed by atoms with Crippen molar-refractivity contribution in [3.05, 3.63) is 12.2 Å². The SMILES string of the molecule is CC(C)OC1C=CC(=N)CC1. The van der Waals surface area contributed by atoms with Gasteiger partial charge in [-0.2, -0.15) is 0 Å². The zero-order valence-electron chi connectivity index (χ0n) is 7.13. The molecule has 0 aliphatic heterocycles. The molecule has 0 aromatic carbocycles. The minimum Gasteiger partial charge on any atom is -0.371 e. The molecule has 0 bridgehead atoms. The molecule has 62 valence electrons. The molecule has 1 aliphatic rings. The maximum atomic E-state index is 7.32. The fourth-order valence-electron chi connectivity index (χ4n) is 1.16. The highest BCUT2D eigenvalue weighted by atomic mass is 16.5. The van der Waals surface area contributed by atoms with Crippen LogP contribution in [-0.2, 0) is 4.74 Å². The topological polar surface area (TPSA) is 33.1 Å². The summed E-state index contributed by atoms with van der Waals surface area (Å²) < 4.78 is 5.56. The first-order chi connectivity index (χ1) is 5.18. The standard InChI is InChI=1S/C9H15NO/c1-7(2)11-9-5-3-8(10)4-6-9/h3,5,7,9-10H,4,6H2,1-2H3. The van der Waals surface area contributed by atoms with Crippen LogP contribution in [0.5, 0.6) is 0 Å². The predicted molar refractivity (Wildman–Crippen MR) is 46.1 cm³/mol. The molecular weight excluding hydrogens is 138 g/mol. The summed E-state index contributed by atoms with van der Waals surface area (Å²) in [7, 11) is 0. The van der Waals surface area contributed by atoms with Crippen molar-refractivity contribution in [1.82, 2.24) is 0 Å². The lowest BCUT2D eigenvalue weighted by molar-refractivity contribution is 0.0313. The number of ether oxygens (including phenoxy) is 1. The lowest BCUT2D eigenvalue weighted by atomic mass is 10.0. The zero-order chi connectivity index (χ0) is 8.27. The summed E-state index contributed by atoms with van der Waals surface area (Å²) in [6, 6.07) is 0. The van der Waals surface area contributed by atoms with Crippen LogP contribution in [0.25, 0.3) is 0 Å². The van der Waals surface area contributed by atoms with Crippen LogP contribution in [0.3, 0.4) is 0 Å². The van der Waals surface area contributed by atoms with Crippen LogP contribution in [0.2, 0.25) is 0 Å². The molecule has 0 saturated carbocycles. The summed E-state index contributed by atoms with van der Waals surface area (Å²) in [5, 5.41) is 7.32. The molecule has 1 rings (SSSR count). The van der Waals surface area contributed by atoms with Crippen molar-refractivity contribution in [3.63, 3.8) is 0 Å². The fourth-order valence-corrected chi connectivity index (χ4v) is 1.16. The minimum absolute atomic E-state index is 0.240. The van der Waals surface area contributed by atoms with E-state index in [2.05, 4.69) is 0 Å².